The Bertz CT molecular complexity index is 2390. The van der Waals surface area contributed by atoms with Crippen LogP contribution in [0.15, 0.2) is 140 Å². The number of benzene rings is 6. The first-order chi connectivity index (χ1) is 20.8. The summed E-state index contributed by atoms with van der Waals surface area (Å²) in [4.78, 5) is 0. The van der Waals surface area contributed by atoms with Crippen LogP contribution in [0.2, 0.25) is 0 Å². The van der Waals surface area contributed by atoms with Crippen LogP contribution in [-0.2, 0) is 0 Å². The average molecular weight is 554 g/mol. The molecule has 0 aliphatic heterocycles. The predicted molar refractivity (Wildman–Crippen MR) is 183 cm³/mol. The van der Waals surface area contributed by atoms with E-state index in [-0.39, 0.29) is 0 Å². The van der Waals surface area contributed by atoms with Crippen LogP contribution < -0.4 is 0 Å². The molecule has 1 aliphatic rings. The zero-order valence-electron chi connectivity index (χ0n) is 23.0. The molecule has 0 radical (unpaired) electrons. The van der Waals surface area contributed by atoms with Crippen molar-refractivity contribution in [3.63, 3.8) is 0 Å². The molecule has 8 aromatic rings. The molecular weight excluding hydrogens is 527 g/mol. The minimum absolute atomic E-state index is 1.10. The maximum atomic E-state index is 2.49. The van der Waals surface area contributed by atoms with E-state index in [9.17, 15) is 0 Å². The first-order valence-electron chi connectivity index (χ1n) is 14.7. The standard InChI is InChI=1S/C40H27NS/c1-3-12-26(13-4-1)28-22-23-36-33(24-28)35-25-34(31-20-11-15-27-14-7-8-18-30(27)31)38-32-19-9-10-21-37(32)42-40(38)39(35)41(36)29-16-5-2-6-17-29/h2-3,5-25H,1,4H2. The number of allylic oxidation sites excluding steroid dienone is 4. The lowest BCUT2D eigenvalue weighted by Crippen LogP contribution is -1.94. The Morgan fingerprint density at radius 2 is 1.40 bits per heavy atom. The highest BCUT2D eigenvalue weighted by atomic mass is 32.1. The molecule has 42 heavy (non-hydrogen) atoms. The van der Waals surface area contributed by atoms with Crippen LogP contribution >= 0.6 is 11.3 Å². The van der Waals surface area contributed by atoms with Crippen LogP contribution in [0.3, 0.4) is 0 Å². The third-order valence-corrected chi connectivity index (χ3v) is 9.97. The molecule has 198 valence electrons. The van der Waals surface area contributed by atoms with Gasteiger partial charge in [0.15, 0.2) is 0 Å². The zero-order valence-corrected chi connectivity index (χ0v) is 23.9. The molecule has 2 heterocycles. The number of thiophene rings is 1. The number of para-hydroxylation sites is 1. The summed E-state index contributed by atoms with van der Waals surface area (Å²) in [6.45, 7) is 0. The lowest BCUT2D eigenvalue weighted by Gasteiger charge is -2.12. The van der Waals surface area contributed by atoms with Crippen molar-refractivity contribution in [3.8, 4) is 16.8 Å². The molecule has 9 rings (SSSR count). The number of fused-ring (bicyclic) bond motifs is 8. The van der Waals surface area contributed by atoms with Gasteiger partial charge in [-0.1, -0.05) is 103 Å². The molecule has 0 atom stereocenters. The molecule has 1 aliphatic carbocycles. The summed E-state index contributed by atoms with van der Waals surface area (Å²) < 4.78 is 5.16. The Morgan fingerprint density at radius 1 is 0.595 bits per heavy atom. The highest BCUT2D eigenvalue weighted by Gasteiger charge is 2.22. The van der Waals surface area contributed by atoms with E-state index in [1.807, 2.05) is 11.3 Å². The first-order valence-corrected chi connectivity index (χ1v) is 15.5. The summed E-state index contributed by atoms with van der Waals surface area (Å²) in [6.07, 6.45) is 9.18. The van der Waals surface area contributed by atoms with Gasteiger partial charge in [0.2, 0.25) is 0 Å². The zero-order chi connectivity index (χ0) is 27.6. The molecule has 0 amide bonds. The minimum atomic E-state index is 1.10. The van der Waals surface area contributed by atoms with Gasteiger partial charge in [-0.05, 0) is 82.3 Å². The van der Waals surface area contributed by atoms with Crippen LogP contribution in [0.5, 0.6) is 0 Å². The van der Waals surface area contributed by atoms with Gasteiger partial charge in [-0.25, -0.2) is 0 Å². The van der Waals surface area contributed by atoms with E-state index < -0.39 is 0 Å². The van der Waals surface area contributed by atoms with Gasteiger partial charge >= 0.3 is 0 Å². The number of hydrogen-bond acceptors (Lipinski definition) is 1. The number of rotatable bonds is 3. The van der Waals surface area contributed by atoms with E-state index in [4.69, 9.17) is 0 Å². The van der Waals surface area contributed by atoms with Crippen molar-refractivity contribution in [2.24, 2.45) is 0 Å². The van der Waals surface area contributed by atoms with E-state index in [0.29, 0.717) is 0 Å². The minimum Gasteiger partial charge on any atom is -0.308 e. The number of hydrogen-bond donors (Lipinski definition) is 0. The first kappa shape index (κ1) is 23.8. The maximum absolute atomic E-state index is 2.49. The van der Waals surface area contributed by atoms with E-state index >= 15 is 0 Å². The smallest absolute Gasteiger partial charge is 0.0720 e. The highest BCUT2D eigenvalue weighted by Crippen LogP contribution is 2.48. The van der Waals surface area contributed by atoms with Crippen LogP contribution in [0.25, 0.3) is 75.1 Å². The summed E-state index contributed by atoms with van der Waals surface area (Å²) in [5, 5.41) is 7.84. The second-order valence-electron chi connectivity index (χ2n) is 11.2. The van der Waals surface area contributed by atoms with Crippen LogP contribution in [0, 0.1) is 0 Å². The Balaban J connectivity index is 1.50. The molecule has 0 unspecified atom stereocenters. The molecule has 6 aromatic carbocycles. The monoisotopic (exact) mass is 553 g/mol. The summed E-state index contributed by atoms with van der Waals surface area (Å²) in [5.74, 6) is 0. The molecule has 0 saturated heterocycles. The Kier molecular flexibility index (Phi) is 5.26. The van der Waals surface area contributed by atoms with Gasteiger partial charge < -0.3 is 4.57 Å². The lowest BCUT2D eigenvalue weighted by molar-refractivity contribution is 1.04. The molecule has 2 heteroatoms. The highest BCUT2D eigenvalue weighted by molar-refractivity contribution is 7.26. The summed E-state index contributed by atoms with van der Waals surface area (Å²) in [6, 6.07) is 44.8. The quantitative estimate of drug-likeness (QED) is 0.205. The third-order valence-electron chi connectivity index (χ3n) is 8.80. The Morgan fingerprint density at radius 3 is 2.29 bits per heavy atom. The average Bonchev–Trinajstić information content (AvgIpc) is 3.61. The van der Waals surface area contributed by atoms with Gasteiger partial charge in [0.25, 0.3) is 0 Å². The van der Waals surface area contributed by atoms with Crippen molar-refractivity contribution in [2.75, 3.05) is 0 Å². The lowest BCUT2D eigenvalue weighted by atomic mass is 9.92. The fourth-order valence-electron chi connectivity index (χ4n) is 6.91. The van der Waals surface area contributed by atoms with Crippen LogP contribution in [-0.4, -0.2) is 4.57 Å². The van der Waals surface area contributed by atoms with Crippen molar-refractivity contribution in [2.45, 2.75) is 12.8 Å². The topological polar surface area (TPSA) is 4.93 Å². The van der Waals surface area contributed by atoms with E-state index in [0.717, 1.165) is 12.8 Å². The normalized spacial score (nSPS) is 13.6. The fraction of sp³-hybridized carbons (Fsp3) is 0.0500. The molecule has 0 saturated carbocycles. The molecule has 0 bridgehead atoms. The van der Waals surface area contributed by atoms with Crippen molar-refractivity contribution in [1.29, 1.82) is 0 Å². The van der Waals surface area contributed by atoms with Crippen LogP contribution in [0.4, 0.5) is 0 Å². The van der Waals surface area contributed by atoms with E-state index in [1.54, 1.807) is 0 Å². The van der Waals surface area contributed by atoms with Gasteiger partial charge in [0.05, 0.1) is 15.7 Å². The van der Waals surface area contributed by atoms with Crippen LogP contribution in [0.1, 0.15) is 18.4 Å². The van der Waals surface area contributed by atoms with E-state index in [2.05, 4.69) is 144 Å². The number of aromatic nitrogens is 1. The Labute approximate surface area is 248 Å². The van der Waals surface area contributed by atoms with Gasteiger partial charge in [-0.3, -0.25) is 0 Å². The maximum Gasteiger partial charge on any atom is 0.0720 e. The SMILES string of the molecule is C1=CC(c2ccc3c(c2)c2cc(-c4cccc5ccccc45)c4c5ccccc5sc4c2n3-c2ccccc2)=CCC1. The van der Waals surface area contributed by atoms with Crippen molar-refractivity contribution in [1.82, 2.24) is 4.57 Å². The molecule has 2 aromatic heterocycles. The fourth-order valence-corrected chi connectivity index (χ4v) is 8.17. The largest absolute Gasteiger partial charge is 0.308 e. The van der Waals surface area contributed by atoms with Crippen molar-refractivity contribution < 1.29 is 0 Å². The van der Waals surface area contributed by atoms with Gasteiger partial charge in [-0.15, -0.1) is 11.3 Å². The molecule has 0 spiro atoms. The molecular formula is C40H27NS. The number of nitrogens with zero attached hydrogens (tertiary/aromatic N) is 1. The van der Waals surface area contributed by atoms with E-state index in [1.165, 1.54) is 80.7 Å². The molecule has 0 fully saturated rings. The molecule has 1 nitrogen and oxygen atoms in total. The predicted octanol–water partition coefficient (Wildman–Crippen LogP) is 11.7. The van der Waals surface area contributed by atoms with Gasteiger partial charge in [0.1, 0.15) is 0 Å². The van der Waals surface area contributed by atoms with Crippen molar-refractivity contribution in [3.05, 3.63) is 145 Å². The third kappa shape index (κ3) is 3.49. The summed E-state index contributed by atoms with van der Waals surface area (Å²) in [7, 11) is 0. The van der Waals surface area contributed by atoms with Crippen molar-refractivity contribution >= 4 is 69.7 Å². The second-order valence-corrected chi connectivity index (χ2v) is 12.2. The summed E-state index contributed by atoms with van der Waals surface area (Å²) >= 11 is 1.92. The Hall–Kier alpha value is -4.92. The van der Waals surface area contributed by atoms with Gasteiger partial charge in [0, 0.05) is 31.9 Å². The second kappa shape index (κ2) is 9.30. The summed E-state index contributed by atoms with van der Waals surface area (Å²) in [5.41, 5.74) is 8.93. The molecule has 0 N–H and O–H groups in total. The van der Waals surface area contributed by atoms with Gasteiger partial charge in [-0.2, -0.15) is 0 Å².